The lowest BCUT2D eigenvalue weighted by Crippen LogP contribution is -2.31. The molecule has 3 aromatic rings. The molecule has 0 bridgehead atoms. The summed E-state index contributed by atoms with van der Waals surface area (Å²) in [6.45, 7) is 0.722. The average molecular weight is 347 g/mol. The minimum Gasteiger partial charge on any atom is -0.340 e. The molecular weight excluding hydrogens is 326 g/mol. The van der Waals surface area contributed by atoms with Crippen molar-refractivity contribution in [3.63, 3.8) is 0 Å². The Labute approximate surface area is 152 Å². The largest absolute Gasteiger partial charge is 0.340 e. The maximum Gasteiger partial charge on any atom is 0.223 e. The Morgan fingerprint density at radius 2 is 1.81 bits per heavy atom. The van der Waals surface area contributed by atoms with Gasteiger partial charge in [-0.1, -0.05) is 42.5 Å². The Kier molecular flexibility index (Phi) is 4.52. The van der Waals surface area contributed by atoms with Crippen molar-refractivity contribution in [2.75, 3.05) is 6.54 Å². The van der Waals surface area contributed by atoms with E-state index in [9.17, 15) is 9.59 Å². The van der Waals surface area contributed by atoms with Crippen molar-refractivity contribution in [3.05, 3.63) is 66.0 Å². The molecule has 2 heterocycles. The Hall–Kier alpha value is -2.95. The number of para-hydroxylation sites is 2. The summed E-state index contributed by atoms with van der Waals surface area (Å²) in [4.78, 5) is 34.8. The number of imidazole rings is 1. The van der Waals surface area contributed by atoms with Crippen LogP contribution in [0.4, 0.5) is 0 Å². The van der Waals surface area contributed by atoms with Crippen molar-refractivity contribution < 1.29 is 9.59 Å². The van der Waals surface area contributed by atoms with E-state index in [0.717, 1.165) is 36.2 Å². The number of rotatable bonds is 5. The number of likely N-dealkylation sites (tertiary alicyclic amines) is 1. The van der Waals surface area contributed by atoms with Gasteiger partial charge in [-0.25, -0.2) is 4.98 Å². The molecule has 0 aliphatic carbocycles. The van der Waals surface area contributed by atoms with Crippen LogP contribution in [0.1, 0.15) is 47.9 Å². The van der Waals surface area contributed by atoms with Crippen LogP contribution in [0, 0.1) is 0 Å². The highest BCUT2D eigenvalue weighted by atomic mass is 16.2. The van der Waals surface area contributed by atoms with Gasteiger partial charge in [-0.2, -0.15) is 0 Å². The number of fused-ring (bicyclic) bond motifs is 1. The van der Waals surface area contributed by atoms with E-state index < -0.39 is 0 Å². The number of carbonyl (C=O) groups excluding carboxylic acids is 2. The van der Waals surface area contributed by atoms with Gasteiger partial charge in [0.1, 0.15) is 5.82 Å². The van der Waals surface area contributed by atoms with Gasteiger partial charge in [0, 0.05) is 24.9 Å². The van der Waals surface area contributed by atoms with Crippen LogP contribution in [0.2, 0.25) is 0 Å². The van der Waals surface area contributed by atoms with Gasteiger partial charge in [0.25, 0.3) is 0 Å². The number of amides is 1. The van der Waals surface area contributed by atoms with E-state index in [4.69, 9.17) is 0 Å². The van der Waals surface area contributed by atoms with Gasteiger partial charge in [0.2, 0.25) is 5.91 Å². The summed E-state index contributed by atoms with van der Waals surface area (Å²) in [6.07, 6.45) is 2.34. The highest BCUT2D eigenvalue weighted by molar-refractivity contribution is 5.97. The number of aromatic nitrogens is 2. The summed E-state index contributed by atoms with van der Waals surface area (Å²) in [5.74, 6) is 0.877. The first-order valence-electron chi connectivity index (χ1n) is 9.05. The molecule has 1 aliphatic rings. The minimum atomic E-state index is -0.0262. The molecule has 132 valence electrons. The number of hydrogen-bond acceptors (Lipinski definition) is 3. The molecule has 0 spiro atoms. The van der Waals surface area contributed by atoms with Gasteiger partial charge in [-0.15, -0.1) is 0 Å². The van der Waals surface area contributed by atoms with Crippen molar-refractivity contribution in [2.24, 2.45) is 0 Å². The fourth-order valence-corrected chi connectivity index (χ4v) is 3.61. The highest BCUT2D eigenvalue weighted by Gasteiger charge is 2.32. The van der Waals surface area contributed by atoms with Crippen LogP contribution >= 0.6 is 0 Å². The summed E-state index contributed by atoms with van der Waals surface area (Å²) < 4.78 is 0. The second kappa shape index (κ2) is 7.12. The van der Waals surface area contributed by atoms with Crippen LogP contribution in [-0.2, 0) is 4.79 Å². The zero-order chi connectivity index (χ0) is 17.9. The molecule has 0 saturated carbocycles. The monoisotopic (exact) mass is 347 g/mol. The second-order valence-corrected chi connectivity index (χ2v) is 6.67. The summed E-state index contributed by atoms with van der Waals surface area (Å²) in [5, 5.41) is 0. The molecule has 5 nitrogen and oxygen atoms in total. The quantitative estimate of drug-likeness (QED) is 0.712. The number of hydrogen-bond donors (Lipinski definition) is 1. The number of ketones is 1. The molecule has 0 radical (unpaired) electrons. The van der Waals surface area contributed by atoms with Gasteiger partial charge < -0.3 is 9.88 Å². The third kappa shape index (κ3) is 3.25. The van der Waals surface area contributed by atoms with Crippen LogP contribution in [0.3, 0.4) is 0 Å². The molecule has 4 rings (SSSR count). The highest BCUT2D eigenvalue weighted by Crippen LogP contribution is 2.32. The third-order valence-corrected chi connectivity index (χ3v) is 4.96. The van der Waals surface area contributed by atoms with Crippen molar-refractivity contribution >= 4 is 22.7 Å². The lowest BCUT2D eigenvalue weighted by atomic mass is 10.1. The van der Waals surface area contributed by atoms with Gasteiger partial charge in [-0.3, -0.25) is 9.59 Å². The first kappa shape index (κ1) is 16.5. The van der Waals surface area contributed by atoms with Gasteiger partial charge in [0.05, 0.1) is 17.1 Å². The second-order valence-electron chi connectivity index (χ2n) is 6.67. The number of H-pyrrole nitrogens is 1. The van der Waals surface area contributed by atoms with Gasteiger partial charge in [-0.05, 0) is 25.0 Å². The molecule has 5 heteroatoms. The van der Waals surface area contributed by atoms with Crippen LogP contribution in [0.25, 0.3) is 11.0 Å². The average Bonchev–Trinajstić information content (AvgIpc) is 3.32. The maximum atomic E-state index is 12.7. The van der Waals surface area contributed by atoms with Crippen molar-refractivity contribution in [1.29, 1.82) is 0 Å². The van der Waals surface area contributed by atoms with E-state index in [1.54, 1.807) is 12.1 Å². The van der Waals surface area contributed by atoms with Crippen LogP contribution in [-0.4, -0.2) is 33.1 Å². The lowest BCUT2D eigenvalue weighted by Gasteiger charge is -2.23. The number of Topliss-reactive ketones (excluding diaryl/α,β-unsaturated/α-hetero) is 1. The Balaban J connectivity index is 1.44. The zero-order valence-electron chi connectivity index (χ0n) is 14.5. The molecule has 1 amide bonds. The van der Waals surface area contributed by atoms with E-state index in [-0.39, 0.29) is 30.6 Å². The molecule has 2 aromatic carbocycles. The van der Waals surface area contributed by atoms with Crippen LogP contribution < -0.4 is 0 Å². The standard InChI is InChI=1S/C21H21N3O2/c25-19(15-7-2-1-3-8-15)12-13-20(26)24-14-6-11-18(24)21-22-16-9-4-5-10-17(16)23-21/h1-5,7-10,18H,6,11-14H2,(H,22,23)/t18-/m1/s1. The number of aromatic amines is 1. The Bertz CT molecular complexity index is 900. The lowest BCUT2D eigenvalue weighted by molar-refractivity contribution is -0.132. The first-order valence-corrected chi connectivity index (χ1v) is 9.05. The smallest absolute Gasteiger partial charge is 0.223 e. The molecule has 1 aliphatic heterocycles. The predicted molar refractivity (Wildman–Crippen MR) is 99.8 cm³/mol. The van der Waals surface area contributed by atoms with Crippen LogP contribution in [0.5, 0.6) is 0 Å². The topological polar surface area (TPSA) is 66.1 Å². The first-order chi connectivity index (χ1) is 12.7. The van der Waals surface area contributed by atoms with E-state index >= 15 is 0 Å². The zero-order valence-corrected chi connectivity index (χ0v) is 14.5. The minimum absolute atomic E-state index is 0.0124. The fourth-order valence-electron chi connectivity index (χ4n) is 3.61. The third-order valence-electron chi connectivity index (χ3n) is 4.96. The molecule has 1 N–H and O–H groups in total. The number of carbonyl (C=O) groups is 2. The fraction of sp³-hybridized carbons (Fsp3) is 0.286. The van der Waals surface area contributed by atoms with Crippen molar-refractivity contribution in [1.82, 2.24) is 14.9 Å². The van der Waals surface area contributed by atoms with E-state index in [0.29, 0.717) is 5.56 Å². The molecule has 1 atom stereocenters. The summed E-state index contributed by atoms with van der Waals surface area (Å²) in [6, 6.07) is 17.0. The van der Waals surface area contributed by atoms with Crippen molar-refractivity contribution in [3.8, 4) is 0 Å². The van der Waals surface area contributed by atoms with Crippen molar-refractivity contribution in [2.45, 2.75) is 31.7 Å². The normalized spacial score (nSPS) is 16.9. The van der Waals surface area contributed by atoms with E-state index in [1.165, 1.54) is 0 Å². The van der Waals surface area contributed by atoms with Gasteiger partial charge in [0.15, 0.2) is 5.78 Å². The van der Waals surface area contributed by atoms with E-state index in [1.807, 2.05) is 47.4 Å². The number of nitrogens with one attached hydrogen (secondary N) is 1. The SMILES string of the molecule is O=C(CCC(=O)N1CCC[C@@H]1c1nc2ccccc2[nH]1)c1ccccc1. The molecule has 26 heavy (non-hydrogen) atoms. The Morgan fingerprint density at radius 3 is 2.62 bits per heavy atom. The molecule has 0 unspecified atom stereocenters. The number of benzene rings is 2. The molecule has 1 saturated heterocycles. The van der Waals surface area contributed by atoms with Crippen LogP contribution in [0.15, 0.2) is 54.6 Å². The maximum absolute atomic E-state index is 12.7. The molecule has 1 aromatic heterocycles. The summed E-state index contributed by atoms with van der Waals surface area (Å²) in [7, 11) is 0. The van der Waals surface area contributed by atoms with E-state index in [2.05, 4.69) is 9.97 Å². The molecular formula is C21H21N3O2. The van der Waals surface area contributed by atoms with Gasteiger partial charge >= 0.3 is 0 Å². The summed E-state index contributed by atoms with van der Waals surface area (Å²) >= 11 is 0. The summed E-state index contributed by atoms with van der Waals surface area (Å²) in [5.41, 5.74) is 2.57. The Morgan fingerprint density at radius 1 is 1.04 bits per heavy atom. The number of nitrogens with zero attached hydrogens (tertiary/aromatic N) is 2. The molecule has 1 fully saturated rings. The predicted octanol–water partition coefficient (Wildman–Crippen LogP) is 3.89.